The van der Waals surface area contributed by atoms with Crippen molar-refractivity contribution in [2.24, 2.45) is 0 Å². The highest BCUT2D eigenvalue weighted by Crippen LogP contribution is 2.37. The molecule has 0 amide bonds. The van der Waals surface area contributed by atoms with Crippen molar-refractivity contribution in [1.29, 1.82) is 0 Å². The molecule has 0 N–H and O–H groups in total. The second-order valence-electron chi connectivity index (χ2n) is 4.54. The van der Waals surface area contributed by atoms with Gasteiger partial charge < -0.3 is 0 Å². The Bertz CT molecular complexity index is 697. The molecule has 100 valence electrons. The second kappa shape index (κ2) is 6.04. The van der Waals surface area contributed by atoms with E-state index in [2.05, 4.69) is 55.5 Å². The van der Waals surface area contributed by atoms with E-state index in [1.165, 1.54) is 25.1 Å². The topological polar surface area (TPSA) is 0 Å². The zero-order chi connectivity index (χ0) is 13.9. The highest BCUT2D eigenvalue weighted by atomic mass is 35.5. The first-order valence-corrected chi connectivity index (χ1v) is 8.32. The summed E-state index contributed by atoms with van der Waals surface area (Å²) < 4.78 is 1.29. The third-order valence-corrected chi connectivity index (χ3v) is 5.48. The molecule has 1 aromatic heterocycles. The summed E-state index contributed by atoms with van der Waals surface area (Å²) in [5.41, 5.74) is 2.57. The molecule has 0 spiro atoms. The van der Waals surface area contributed by atoms with Crippen LogP contribution in [0.1, 0.15) is 5.56 Å². The summed E-state index contributed by atoms with van der Waals surface area (Å²) in [6.45, 7) is 2.11. The maximum Gasteiger partial charge on any atom is 0.0652 e. The Morgan fingerprint density at radius 1 is 0.850 bits per heavy atom. The van der Waals surface area contributed by atoms with Gasteiger partial charge in [0.15, 0.2) is 0 Å². The Kier molecular flexibility index (Phi) is 4.16. The number of halogens is 1. The lowest BCUT2D eigenvalue weighted by Gasteiger charge is -1.99. The molecule has 0 nitrogen and oxygen atoms in total. The second-order valence-corrected chi connectivity index (χ2v) is 7.43. The predicted octanol–water partition coefficient (Wildman–Crippen LogP) is 6.53. The van der Waals surface area contributed by atoms with E-state index in [1.807, 2.05) is 23.5 Å². The molecule has 0 aliphatic rings. The maximum atomic E-state index is 5.90. The van der Waals surface area contributed by atoms with Gasteiger partial charge in [0, 0.05) is 14.8 Å². The van der Waals surface area contributed by atoms with Crippen molar-refractivity contribution in [1.82, 2.24) is 0 Å². The molecule has 20 heavy (non-hydrogen) atoms. The van der Waals surface area contributed by atoms with Gasteiger partial charge in [-0.3, -0.25) is 0 Å². The molecule has 0 atom stereocenters. The van der Waals surface area contributed by atoms with Gasteiger partial charge in [-0.25, -0.2) is 0 Å². The maximum absolute atomic E-state index is 5.90. The van der Waals surface area contributed by atoms with Gasteiger partial charge in [-0.15, -0.1) is 11.3 Å². The lowest BCUT2D eigenvalue weighted by atomic mass is 10.1. The van der Waals surface area contributed by atoms with Crippen LogP contribution in [0.5, 0.6) is 0 Å². The van der Waals surface area contributed by atoms with Crippen LogP contribution in [0.2, 0.25) is 5.02 Å². The van der Waals surface area contributed by atoms with Crippen molar-refractivity contribution >= 4 is 34.7 Å². The zero-order valence-electron chi connectivity index (χ0n) is 11.0. The quantitative estimate of drug-likeness (QED) is 0.529. The minimum absolute atomic E-state index is 0.779. The Balaban J connectivity index is 1.80. The van der Waals surface area contributed by atoms with Crippen LogP contribution in [0.15, 0.2) is 69.8 Å². The highest BCUT2D eigenvalue weighted by molar-refractivity contribution is 8.01. The number of hydrogen-bond acceptors (Lipinski definition) is 2. The summed E-state index contributed by atoms with van der Waals surface area (Å²) in [4.78, 5) is 2.52. The molecular weight excluding hydrogens is 304 g/mol. The minimum atomic E-state index is 0.779. The van der Waals surface area contributed by atoms with Gasteiger partial charge in [0.1, 0.15) is 0 Å². The molecule has 2 aromatic carbocycles. The molecule has 0 saturated heterocycles. The summed E-state index contributed by atoms with van der Waals surface area (Å²) in [7, 11) is 0. The normalized spacial score (nSPS) is 10.7. The van der Waals surface area contributed by atoms with Crippen molar-refractivity contribution in [3.05, 3.63) is 71.2 Å². The van der Waals surface area contributed by atoms with E-state index in [1.54, 1.807) is 11.8 Å². The molecule has 1 heterocycles. The highest BCUT2D eigenvalue weighted by Gasteiger charge is 2.04. The van der Waals surface area contributed by atoms with Gasteiger partial charge in [0.25, 0.3) is 0 Å². The first-order chi connectivity index (χ1) is 9.70. The monoisotopic (exact) mass is 316 g/mol. The fourth-order valence-electron chi connectivity index (χ4n) is 1.87. The Morgan fingerprint density at radius 3 is 2.25 bits per heavy atom. The third-order valence-electron chi connectivity index (χ3n) is 2.95. The number of aryl methyl sites for hydroxylation is 1. The van der Waals surface area contributed by atoms with Crippen molar-refractivity contribution in [2.45, 2.75) is 16.0 Å². The summed E-state index contributed by atoms with van der Waals surface area (Å²) in [5, 5.41) is 0.779. The van der Waals surface area contributed by atoms with Gasteiger partial charge in [0.2, 0.25) is 0 Å². The Labute approximate surface area is 132 Å². The number of rotatable bonds is 3. The first kappa shape index (κ1) is 13.7. The average molecular weight is 317 g/mol. The fraction of sp³-hybridized carbons (Fsp3) is 0.0588. The van der Waals surface area contributed by atoms with Gasteiger partial charge in [-0.05, 0) is 48.9 Å². The standard InChI is InChI=1S/C17H13ClS2/c1-12-2-4-13(5-3-12)16-10-11-17(20-16)19-15-8-6-14(18)7-9-15/h2-11H,1H3. The number of benzene rings is 2. The van der Waals surface area contributed by atoms with E-state index in [-0.39, 0.29) is 0 Å². The molecular formula is C17H13ClS2. The lowest BCUT2D eigenvalue weighted by molar-refractivity contribution is 1.46. The number of hydrogen-bond donors (Lipinski definition) is 0. The van der Waals surface area contributed by atoms with Crippen LogP contribution in [-0.4, -0.2) is 0 Å². The van der Waals surface area contributed by atoms with Crippen molar-refractivity contribution in [3.63, 3.8) is 0 Å². The van der Waals surface area contributed by atoms with Crippen molar-refractivity contribution < 1.29 is 0 Å². The van der Waals surface area contributed by atoms with Crippen LogP contribution in [0, 0.1) is 6.92 Å². The van der Waals surface area contributed by atoms with E-state index in [9.17, 15) is 0 Å². The van der Waals surface area contributed by atoms with Crippen LogP contribution in [0.3, 0.4) is 0 Å². The summed E-state index contributed by atoms with van der Waals surface area (Å²) >= 11 is 9.50. The minimum Gasteiger partial charge on any atom is -0.128 e. The van der Waals surface area contributed by atoms with Gasteiger partial charge in [0.05, 0.1) is 4.21 Å². The average Bonchev–Trinajstić information content (AvgIpc) is 2.91. The van der Waals surface area contributed by atoms with Gasteiger partial charge in [-0.2, -0.15) is 0 Å². The number of thiophene rings is 1. The molecule has 3 aromatic rings. The summed E-state index contributed by atoms with van der Waals surface area (Å²) in [6.07, 6.45) is 0. The smallest absolute Gasteiger partial charge is 0.0652 e. The third kappa shape index (κ3) is 3.26. The molecule has 0 saturated carbocycles. The summed E-state index contributed by atoms with van der Waals surface area (Å²) in [6, 6.07) is 21.0. The van der Waals surface area contributed by atoms with E-state index >= 15 is 0 Å². The molecule has 0 unspecified atom stereocenters. The fourth-order valence-corrected chi connectivity index (χ4v) is 4.10. The molecule has 0 aliphatic carbocycles. The molecule has 0 fully saturated rings. The van der Waals surface area contributed by atoms with Crippen LogP contribution in [0.4, 0.5) is 0 Å². The zero-order valence-corrected chi connectivity index (χ0v) is 13.4. The van der Waals surface area contributed by atoms with Gasteiger partial charge >= 0.3 is 0 Å². The van der Waals surface area contributed by atoms with Crippen LogP contribution >= 0.6 is 34.7 Å². The van der Waals surface area contributed by atoms with E-state index < -0.39 is 0 Å². The van der Waals surface area contributed by atoms with E-state index in [0.29, 0.717) is 0 Å². The van der Waals surface area contributed by atoms with Crippen molar-refractivity contribution in [3.8, 4) is 10.4 Å². The van der Waals surface area contributed by atoms with E-state index in [4.69, 9.17) is 11.6 Å². The van der Waals surface area contributed by atoms with Crippen LogP contribution < -0.4 is 0 Å². The van der Waals surface area contributed by atoms with Crippen LogP contribution in [0.25, 0.3) is 10.4 Å². The molecule has 0 aliphatic heterocycles. The Hall–Kier alpha value is -1.22. The largest absolute Gasteiger partial charge is 0.128 e. The van der Waals surface area contributed by atoms with Gasteiger partial charge in [-0.1, -0.05) is 53.2 Å². The predicted molar refractivity (Wildman–Crippen MR) is 90.1 cm³/mol. The SMILES string of the molecule is Cc1ccc(-c2ccc(Sc3ccc(Cl)cc3)s2)cc1. The lowest BCUT2D eigenvalue weighted by Crippen LogP contribution is -1.72. The molecule has 3 heteroatoms. The molecule has 3 rings (SSSR count). The molecule has 0 bridgehead atoms. The van der Waals surface area contributed by atoms with E-state index in [0.717, 1.165) is 5.02 Å². The first-order valence-electron chi connectivity index (χ1n) is 6.31. The molecule has 0 radical (unpaired) electrons. The van der Waals surface area contributed by atoms with Crippen molar-refractivity contribution in [2.75, 3.05) is 0 Å². The Morgan fingerprint density at radius 2 is 1.55 bits per heavy atom. The van der Waals surface area contributed by atoms with Crippen LogP contribution in [-0.2, 0) is 0 Å². The summed E-state index contributed by atoms with van der Waals surface area (Å²) in [5.74, 6) is 0.